The molecule has 0 saturated carbocycles. The number of ether oxygens (including phenoxy) is 1. The molecule has 0 aliphatic heterocycles. The van der Waals surface area contributed by atoms with Crippen LogP contribution in [0.15, 0.2) is 42.5 Å². The van der Waals surface area contributed by atoms with Crippen LogP contribution in [-0.4, -0.2) is 18.8 Å². The van der Waals surface area contributed by atoms with Gasteiger partial charge in [-0.2, -0.15) is 0 Å². The molecule has 0 amide bonds. The van der Waals surface area contributed by atoms with E-state index in [0.29, 0.717) is 0 Å². The van der Waals surface area contributed by atoms with Gasteiger partial charge in [-0.3, -0.25) is 0 Å². The normalized spacial score (nSPS) is 12.0. The summed E-state index contributed by atoms with van der Waals surface area (Å²) in [6, 6.07) is 13.8. The molecule has 0 spiro atoms. The summed E-state index contributed by atoms with van der Waals surface area (Å²) in [6.07, 6.45) is 0. The van der Waals surface area contributed by atoms with Gasteiger partial charge in [-0.1, -0.05) is 30.3 Å². The van der Waals surface area contributed by atoms with Crippen LogP contribution in [-0.2, 0) is 0 Å². The van der Waals surface area contributed by atoms with Gasteiger partial charge in [0, 0.05) is 0 Å². The zero-order chi connectivity index (χ0) is 14.5. The fraction of sp³-hybridized carbons (Fsp3) is 0.294. The summed E-state index contributed by atoms with van der Waals surface area (Å²) in [4.78, 5) is 0. The largest absolute Gasteiger partial charge is 0.495 e. The molecule has 0 bridgehead atoms. The van der Waals surface area contributed by atoms with Crippen molar-refractivity contribution in [3.8, 4) is 5.75 Å². The second-order valence-electron chi connectivity index (χ2n) is 4.89. The molecule has 0 aliphatic carbocycles. The van der Waals surface area contributed by atoms with E-state index in [0.717, 1.165) is 17.0 Å². The van der Waals surface area contributed by atoms with Crippen molar-refractivity contribution in [1.82, 2.24) is 0 Å². The second-order valence-corrected chi connectivity index (χ2v) is 4.89. The first-order valence-electron chi connectivity index (χ1n) is 6.74. The summed E-state index contributed by atoms with van der Waals surface area (Å²) in [6.45, 7) is 4.16. The lowest BCUT2D eigenvalue weighted by molar-refractivity contribution is 0.275. The van der Waals surface area contributed by atoms with Gasteiger partial charge in [0.15, 0.2) is 0 Å². The van der Waals surface area contributed by atoms with Gasteiger partial charge in [0.1, 0.15) is 5.75 Å². The number of nitrogens with one attached hydrogen (secondary N) is 1. The van der Waals surface area contributed by atoms with E-state index in [1.165, 1.54) is 11.1 Å². The van der Waals surface area contributed by atoms with Crippen LogP contribution in [0, 0.1) is 13.8 Å². The van der Waals surface area contributed by atoms with Gasteiger partial charge < -0.3 is 15.2 Å². The monoisotopic (exact) mass is 271 g/mol. The minimum Gasteiger partial charge on any atom is -0.495 e. The number of benzene rings is 2. The van der Waals surface area contributed by atoms with Crippen LogP contribution in [0.1, 0.15) is 22.7 Å². The molecule has 2 rings (SSSR count). The number of rotatable bonds is 5. The van der Waals surface area contributed by atoms with Gasteiger partial charge in [0.2, 0.25) is 0 Å². The maximum atomic E-state index is 9.75. The third-order valence-electron chi connectivity index (χ3n) is 3.51. The smallest absolute Gasteiger partial charge is 0.141 e. The maximum Gasteiger partial charge on any atom is 0.141 e. The van der Waals surface area contributed by atoms with Crippen molar-refractivity contribution in [2.45, 2.75) is 19.9 Å². The molecule has 20 heavy (non-hydrogen) atoms. The van der Waals surface area contributed by atoms with Gasteiger partial charge in [-0.25, -0.2) is 0 Å². The number of para-hydroxylation sites is 2. The molecule has 3 nitrogen and oxygen atoms in total. The Morgan fingerprint density at radius 1 is 1.05 bits per heavy atom. The fourth-order valence-corrected chi connectivity index (χ4v) is 2.54. The first kappa shape index (κ1) is 14.4. The van der Waals surface area contributed by atoms with Gasteiger partial charge in [-0.05, 0) is 42.7 Å². The molecule has 2 aromatic rings. The van der Waals surface area contributed by atoms with E-state index in [2.05, 4.69) is 31.3 Å². The lowest BCUT2D eigenvalue weighted by atomic mass is 9.96. The Kier molecular flexibility index (Phi) is 4.64. The van der Waals surface area contributed by atoms with Crippen LogP contribution in [0.25, 0.3) is 0 Å². The Labute approximate surface area is 120 Å². The summed E-state index contributed by atoms with van der Waals surface area (Å²) < 4.78 is 5.34. The summed E-state index contributed by atoms with van der Waals surface area (Å²) >= 11 is 0. The molecular formula is C17H21NO2. The molecule has 0 saturated heterocycles. The molecule has 0 heterocycles. The van der Waals surface area contributed by atoms with Crippen molar-refractivity contribution in [3.05, 3.63) is 59.2 Å². The fourth-order valence-electron chi connectivity index (χ4n) is 2.54. The predicted molar refractivity (Wildman–Crippen MR) is 82.4 cm³/mol. The highest BCUT2D eigenvalue weighted by Gasteiger charge is 2.16. The van der Waals surface area contributed by atoms with E-state index in [-0.39, 0.29) is 12.6 Å². The summed E-state index contributed by atoms with van der Waals surface area (Å²) in [5.41, 5.74) is 4.37. The minimum absolute atomic E-state index is 0.0315. The molecule has 106 valence electrons. The molecule has 0 radical (unpaired) electrons. The van der Waals surface area contributed by atoms with Gasteiger partial charge in [0.25, 0.3) is 0 Å². The van der Waals surface area contributed by atoms with Crippen LogP contribution in [0.3, 0.4) is 0 Å². The number of methoxy groups -OCH3 is 1. The maximum absolute atomic E-state index is 9.75. The van der Waals surface area contributed by atoms with E-state index in [1.807, 2.05) is 30.3 Å². The number of aryl methyl sites for hydroxylation is 2. The van der Waals surface area contributed by atoms with Crippen molar-refractivity contribution >= 4 is 5.69 Å². The van der Waals surface area contributed by atoms with Crippen LogP contribution in [0.2, 0.25) is 0 Å². The van der Waals surface area contributed by atoms with Gasteiger partial charge in [0.05, 0.1) is 25.4 Å². The van der Waals surface area contributed by atoms with Crippen molar-refractivity contribution in [3.63, 3.8) is 0 Å². The number of aliphatic hydroxyl groups is 1. The van der Waals surface area contributed by atoms with Crippen LogP contribution < -0.4 is 10.1 Å². The van der Waals surface area contributed by atoms with Gasteiger partial charge in [-0.15, -0.1) is 0 Å². The zero-order valence-electron chi connectivity index (χ0n) is 12.2. The molecule has 1 unspecified atom stereocenters. The molecule has 1 atom stereocenters. The zero-order valence-corrected chi connectivity index (χ0v) is 12.2. The van der Waals surface area contributed by atoms with E-state index in [1.54, 1.807) is 7.11 Å². The average molecular weight is 271 g/mol. The molecule has 3 heteroatoms. The van der Waals surface area contributed by atoms with E-state index >= 15 is 0 Å². The SMILES string of the molecule is COc1ccccc1NC(CO)c1c(C)cccc1C. The molecular weight excluding hydrogens is 250 g/mol. The quantitative estimate of drug-likeness (QED) is 0.875. The number of anilines is 1. The standard InChI is InChI=1S/C17H21NO2/c1-12-7-6-8-13(2)17(12)15(11-19)18-14-9-4-5-10-16(14)20-3/h4-10,15,18-19H,11H2,1-3H3. The highest BCUT2D eigenvalue weighted by atomic mass is 16.5. The Bertz CT molecular complexity index is 561. The summed E-state index contributed by atoms with van der Waals surface area (Å²) in [5, 5.41) is 13.1. The molecule has 2 aromatic carbocycles. The van der Waals surface area contributed by atoms with Crippen LogP contribution >= 0.6 is 0 Å². The third kappa shape index (κ3) is 2.94. The van der Waals surface area contributed by atoms with Crippen molar-refractivity contribution in [1.29, 1.82) is 0 Å². The number of aliphatic hydroxyl groups excluding tert-OH is 1. The van der Waals surface area contributed by atoms with Crippen LogP contribution in [0.4, 0.5) is 5.69 Å². The highest BCUT2D eigenvalue weighted by Crippen LogP contribution is 2.30. The first-order chi connectivity index (χ1) is 9.67. The summed E-state index contributed by atoms with van der Waals surface area (Å²) in [7, 11) is 1.65. The number of hydrogen-bond donors (Lipinski definition) is 2. The Hall–Kier alpha value is -2.00. The van der Waals surface area contributed by atoms with Crippen molar-refractivity contribution in [2.24, 2.45) is 0 Å². The van der Waals surface area contributed by atoms with Gasteiger partial charge >= 0.3 is 0 Å². The van der Waals surface area contributed by atoms with E-state index in [9.17, 15) is 5.11 Å². The Morgan fingerprint density at radius 3 is 2.30 bits per heavy atom. The minimum atomic E-state index is -0.146. The third-order valence-corrected chi connectivity index (χ3v) is 3.51. The lowest BCUT2D eigenvalue weighted by Crippen LogP contribution is -2.17. The highest BCUT2D eigenvalue weighted by molar-refractivity contribution is 5.58. The first-order valence-corrected chi connectivity index (χ1v) is 6.74. The topological polar surface area (TPSA) is 41.5 Å². The Morgan fingerprint density at radius 2 is 1.70 bits per heavy atom. The van der Waals surface area contributed by atoms with E-state index in [4.69, 9.17) is 4.74 Å². The predicted octanol–water partition coefficient (Wildman–Crippen LogP) is 3.46. The average Bonchev–Trinajstić information content (AvgIpc) is 2.46. The second kappa shape index (κ2) is 6.44. The number of hydrogen-bond acceptors (Lipinski definition) is 3. The molecule has 2 N–H and O–H groups in total. The summed E-state index contributed by atoms with van der Waals surface area (Å²) in [5.74, 6) is 0.775. The van der Waals surface area contributed by atoms with E-state index < -0.39 is 0 Å². The molecule has 0 aliphatic rings. The lowest BCUT2D eigenvalue weighted by Gasteiger charge is -2.23. The van der Waals surface area contributed by atoms with Crippen molar-refractivity contribution < 1.29 is 9.84 Å². The molecule has 0 fully saturated rings. The van der Waals surface area contributed by atoms with Crippen LogP contribution in [0.5, 0.6) is 5.75 Å². The molecule has 0 aromatic heterocycles. The Balaban J connectivity index is 2.34. The van der Waals surface area contributed by atoms with Crippen molar-refractivity contribution in [2.75, 3.05) is 19.0 Å².